The van der Waals surface area contributed by atoms with Crippen molar-refractivity contribution in [2.75, 3.05) is 12.3 Å². The Bertz CT molecular complexity index is 920. The van der Waals surface area contributed by atoms with Crippen LogP contribution in [-0.2, 0) is 11.2 Å². The van der Waals surface area contributed by atoms with Crippen LogP contribution in [0, 0.1) is 6.92 Å². The Morgan fingerprint density at radius 3 is 2.64 bits per heavy atom. The van der Waals surface area contributed by atoms with Crippen LogP contribution >= 0.6 is 11.8 Å². The van der Waals surface area contributed by atoms with Crippen molar-refractivity contribution < 1.29 is 9.21 Å². The van der Waals surface area contributed by atoms with Gasteiger partial charge in [0.05, 0.1) is 5.75 Å². The van der Waals surface area contributed by atoms with Gasteiger partial charge in [0, 0.05) is 12.1 Å². The average molecular weight is 396 g/mol. The molecule has 0 aliphatic carbocycles. The van der Waals surface area contributed by atoms with Gasteiger partial charge >= 0.3 is 0 Å². The zero-order valence-electron chi connectivity index (χ0n) is 16.4. The van der Waals surface area contributed by atoms with Gasteiger partial charge in [0.2, 0.25) is 11.8 Å². The second-order valence-electron chi connectivity index (χ2n) is 7.03. The van der Waals surface area contributed by atoms with Crippen LogP contribution in [0.2, 0.25) is 0 Å². The molecule has 0 fully saturated rings. The second kappa shape index (κ2) is 9.55. The molecule has 1 aromatic heterocycles. The van der Waals surface area contributed by atoms with E-state index in [-0.39, 0.29) is 11.7 Å². The summed E-state index contributed by atoms with van der Waals surface area (Å²) >= 11 is 1.25. The normalized spacial score (nSPS) is 11.0. The number of amides is 1. The Morgan fingerprint density at radius 2 is 1.93 bits per heavy atom. The van der Waals surface area contributed by atoms with Crippen LogP contribution < -0.4 is 5.32 Å². The Balaban J connectivity index is 1.42. The summed E-state index contributed by atoms with van der Waals surface area (Å²) < 4.78 is 5.64. The van der Waals surface area contributed by atoms with Gasteiger partial charge in [-0.3, -0.25) is 4.79 Å². The molecular weight excluding hydrogens is 370 g/mol. The topological polar surface area (TPSA) is 68.0 Å². The molecule has 1 heterocycles. The number of carbonyl (C=O) groups excluding carboxylic acids is 1. The third-order valence-electron chi connectivity index (χ3n) is 4.38. The maximum absolute atomic E-state index is 12.0. The van der Waals surface area contributed by atoms with E-state index in [2.05, 4.69) is 53.6 Å². The van der Waals surface area contributed by atoms with E-state index in [4.69, 9.17) is 4.42 Å². The predicted molar refractivity (Wildman–Crippen MR) is 112 cm³/mol. The quantitative estimate of drug-likeness (QED) is 0.564. The molecule has 0 radical (unpaired) electrons. The predicted octanol–water partition coefficient (Wildman–Crippen LogP) is 4.62. The summed E-state index contributed by atoms with van der Waals surface area (Å²) in [5.74, 6) is 1.21. The summed E-state index contributed by atoms with van der Waals surface area (Å²) in [6.45, 7) is 6.98. The van der Waals surface area contributed by atoms with Crippen molar-refractivity contribution in [3.8, 4) is 11.5 Å². The first kappa shape index (κ1) is 20.1. The number of nitrogens with zero attached hydrogens (tertiary/aromatic N) is 2. The SMILES string of the molecule is Cc1cccc(-c2nnc(SCC(=O)NCCc3ccc(C(C)C)cc3)o2)c1. The Morgan fingerprint density at radius 1 is 1.14 bits per heavy atom. The maximum Gasteiger partial charge on any atom is 0.277 e. The van der Waals surface area contributed by atoms with Crippen LogP contribution in [0.5, 0.6) is 0 Å². The van der Waals surface area contributed by atoms with Crippen LogP contribution in [0.3, 0.4) is 0 Å². The van der Waals surface area contributed by atoms with Crippen LogP contribution in [0.25, 0.3) is 11.5 Å². The molecule has 28 heavy (non-hydrogen) atoms. The minimum Gasteiger partial charge on any atom is -0.411 e. The van der Waals surface area contributed by atoms with Crippen molar-refractivity contribution in [1.29, 1.82) is 0 Å². The Hall–Kier alpha value is -2.60. The second-order valence-corrected chi connectivity index (χ2v) is 7.95. The number of hydrogen-bond acceptors (Lipinski definition) is 5. The molecule has 0 atom stereocenters. The highest BCUT2D eigenvalue weighted by Crippen LogP contribution is 2.23. The molecule has 1 N–H and O–H groups in total. The fourth-order valence-electron chi connectivity index (χ4n) is 2.76. The highest BCUT2D eigenvalue weighted by molar-refractivity contribution is 7.99. The first-order valence-corrected chi connectivity index (χ1v) is 10.4. The molecule has 6 heteroatoms. The summed E-state index contributed by atoms with van der Waals surface area (Å²) in [5, 5.41) is 11.4. The lowest BCUT2D eigenvalue weighted by Gasteiger charge is -2.07. The average Bonchev–Trinajstić information content (AvgIpc) is 3.16. The fourth-order valence-corrected chi connectivity index (χ4v) is 3.35. The first-order valence-electron chi connectivity index (χ1n) is 9.40. The van der Waals surface area contributed by atoms with Crippen LogP contribution in [0.15, 0.2) is 58.2 Å². The summed E-state index contributed by atoms with van der Waals surface area (Å²) in [5.41, 5.74) is 4.56. The van der Waals surface area contributed by atoms with Crippen LogP contribution in [-0.4, -0.2) is 28.4 Å². The van der Waals surface area contributed by atoms with Crippen molar-refractivity contribution in [3.63, 3.8) is 0 Å². The lowest BCUT2D eigenvalue weighted by molar-refractivity contribution is -0.118. The van der Waals surface area contributed by atoms with Gasteiger partial charge < -0.3 is 9.73 Å². The molecule has 0 aliphatic heterocycles. The van der Waals surface area contributed by atoms with Gasteiger partial charge in [0.15, 0.2) is 0 Å². The maximum atomic E-state index is 12.0. The molecule has 0 bridgehead atoms. The number of rotatable bonds is 8. The van der Waals surface area contributed by atoms with Gasteiger partial charge in [-0.05, 0) is 42.5 Å². The number of aryl methyl sites for hydroxylation is 1. The van der Waals surface area contributed by atoms with Crippen molar-refractivity contribution >= 4 is 17.7 Å². The summed E-state index contributed by atoms with van der Waals surface area (Å²) in [6.07, 6.45) is 0.812. The molecular formula is C22H25N3O2S. The zero-order valence-corrected chi connectivity index (χ0v) is 17.3. The molecule has 0 saturated heterocycles. The molecule has 146 valence electrons. The van der Waals surface area contributed by atoms with E-state index < -0.39 is 0 Å². The summed E-state index contributed by atoms with van der Waals surface area (Å²) in [6, 6.07) is 16.4. The minimum absolute atomic E-state index is 0.0425. The molecule has 5 nitrogen and oxygen atoms in total. The van der Waals surface area contributed by atoms with E-state index in [1.54, 1.807) is 0 Å². The number of benzene rings is 2. The van der Waals surface area contributed by atoms with Gasteiger partial charge in [0.1, 0.15) is 0 Å². The van der Waals surface area contributed by atoms with Gasteiger partial charge in [-0.2, -0.15) is 0 Å². The number of aromatic nitrogens is 2. The molecule has 0 spiro atoms. The van der Waals surface area contributed by atoms with E-state index in [0.717, 1.165) is 17.5 Å². The molecule has 3 rings (SSSR count). The Labute approximate surface area is 170 Å². The fraction of sp³-hybridized carbons (Fsp3) is 0.318. The van der Waals surface area contributed by atoms with E-state index in [1.165, 1.54) is 22.9 Å². The minimum atomic E-state index is -0.0425. The lowest BCUT2D eigenvalue weighted by Crippen LogP contribution is -2.27. The van der Waals surface area contributed by atoms with Crippen LogP contribution in [0.1, 0.15) is 36.5 Å². The van der Waals surface area contributed by atoms with Gasteiger partial charge in [-0.15, -0.1) is 10.2 Å². The lowest BCUT2D eigenvalue weighted by atomic mass is 10.0. The van der Waals surface area contributed by atoms with Crippen LogP contribution in [0.4, 0.5) is 0 Å². The van der Waals surface area contributed by atoms with E-state index >= 15 is 0 Å². The number of thioether (sulfide) groups is 1. The third kappa shape index (κ3) is 5.70. The van der Waals surface area contributed by atoms with E-state index in [1.807, 2.05) is 31.2 Å². The summed E-state index contributed by atoms with van der Waals surface area (Å²) in [4.78, 5) is 12.0. The number of hydrogen-bond donors (Lipinski definition) is 1. The number of nitrogens with one attached hydrogen (secondary N) is 1. The van der Waals surface area contributed by atoms with Crippen molar-refractivity contribution in [2.45, 2.75) is 38.3 Å². The van der Waals surface area contributed by atoms with Gasteiger partial charge in [-0.1, -0.05) is 67.6 Å². The van der Waals surface area contributed by atoms with E-state index in [0.29, 0.717) is 23.6 Å². The first-order chi connectivity index (χ1) is 13.5. The summed E-state index contributed by atoms with van der Waals surface area (Å²) in [7, 11) is 0. The standard InChI is InChI=1S/C22H25N3O2S/c1-15(2)18-9-7-17(8-10-18)11-12-23-20(26)14-28-22-25-24-21(27-22)19-6-4-5-16(3)13-19/h4-10,13,15H,11-12,14H2,1-3H3,(H,23,26). The zero-order chi connectivity index (χ0) is 19.9. The largest absolute Gasteiger partial charge is 0.411 e. The molecule has 0 unspecified atom stereocenters. The molecule has 0 aliphatic rings. The van der Waals surface area contributed by atoms with Crippen molar-refractivity contribution in [3.05, 3.63) is 65.2 Å². The third-order valence-corrected chi connectivity index (χ3v) is 5.20. The van der Waals surface area contributed by atoms with Gasteiger partial charge in [-0.25, -0.2) is 0 Å². The highest BCUT2D eigenvalue weighted by atomic mass is 32.2. The Kier molecular flexibility index (Phi) is 6.87. The molecule has 1 amide bonds. The smallest absolute Gasteiger partial charge is 0.277 e. The van der Waals surface area contributed by atoms with Crippen molar-refractivity contribution in [1.82, 2.24) is 15.5 Å². The molecule has 3 aromatic rings. The number of carbonyl (C=O) groups is 1. The van der Waals surface area contributed by atoms with Crippen molar-refractivity contribution in [2.24, 2.45) is 0 Å². The molecule has 0 saturated carbocycles. The van der Waals surface area contributed by atoms with E-state index in [9.17, 15) is 4.79 Å². The highest BCUT2D eigenvalue weighted by Gasteiger charge is 2.11. The van der Waals surface area contributed by atoms with Gasteiger partial charge in [0.25, 0.3) is 5.22 Å². The monoisotopic (exact) mass is 395 g/mol. The molecule has 2 aromatic carbocycles.